The van der Waals surface area contributed by atoms with E-state index in [1.54, 1.807) is 6.92 Å². The third-order valence-corrected chi connectivity index (χ3v) is 0. The van der Waals surface area contributed by atoms with Gasteiger partial charge < -0.3 is 62.3 Å². The van der Waals surface area contributed by atoms with Gasteiger partial charge in [0.1, 0.15) is 0 Å². The van der Waals surface area contributed by atoms with E-state index < -0.39 is 6.73 Å². The molecule has 0 heterocycles. The quantitative estimate of drug-likeness (QED) is 0.514. The van der Waals surface area contributed by atoms with Gasteiger partial charge in [-0.2, -0.15) is 6.92 Å². The predicted octanol–water partition coefficient (Wildman–Crippen LogP) is 3.53. The average molecular weight is 371 g/mol. The van der Waals surface area contributed by atoms with Crippen molar-refractivity contribution in [2.45, 2.75) is 6.92 Å². The SMILES string of the molecule is [CH2-]C.[CH3-].[CH3-].[CH3-].[CH3-].[CH3-].[CH3-].[NH-]CO.[Rh].[Rh]. The minimum absolute atomic E-state index is 0. The van der Waals surface area contributed by atoms with Crippen LogP contribution in [0.25, 0.3) is 5.73 Å². The van der Waals surface area contributed by atoms with Crippen molar-refractivity contribution in [3.8, 4) is 0 Å². The summed E-state index contributed by atoms with van der Waals surface area (Å²) in [5.41, 5.74) is 5.76. The van der Waals surface area contributed by atoms with Gasteiger partial charge in [-0.15, -0.1) is 0 Å². The molecular formula is C9H27NORh2-8. The van der Waals surface area contributed by atoms with Gasteiger partial charge in [0.2, 0.25) is 0 Å². The number of hydrogen-bond donors (Lipinski definition) is 1. The molecule has 0 saturated heterocycles. The van der Waals surface area contributed by atoms with Gasteiger partial charge in [0.05, 0.1) is 0 Å². The van der Waals surface area contributed by atoms with Crippen molar-refractivity contribution in [2.75, 3.05) is 6.73 Å². The summed E-state index contributed by atoms with van der Waals surface area (Å²) in [4.78, 5) is 0. The molecule has 0 amide bonds. The van der Waals surface area contributed by atoms with Crippen LogP contribution in [0.15, 0.2) is 0 Å². The van der Waals surface area contributed by atoms with E-state index in [9.17, 15) is 0 Å². The Kier molecular flexibility index (Phi) is 4520. The fourth-order valence-corrected chi connectivity index (χ4v) is 0. The standard InChI is InChI=1S/C2H5.CH4NO.6CH3.2Rh/c1-2;2-1-3;;;;;;;;/h1H2,2H3;2-3H,1H2;6*1H3;;/q8*-1;;. The molecule has 2 N–H and O–H groups in total. The van der Waals surface area contributed by atoms with E-state index in [2.05, 4.69) is 6.92 Å². The van der Waals surface area contributed by atoms with Crippen molar-refractivity contribution in [3.05, 3.63) is 57.2 Å². The average Bonchev–Trinajstić information content (AvgIpc) is 1.46. The summed E-state index contributed by atoms with van der Waals surface area (Å²) in [7, 11) is 0. The molecule has 0 unspecified atom stereocenters. The largest absolute Gasteiger partial charge is 0.655 e. The smallest absolute Gasteiger partial charge is 0 e. The van der Waals surface area contributed by atoms with Crippen LogP contribution in [-0.2, 0) is 39.0 Å². The third-order valence-electron chi connectivity index (χ3n) is 0. The molecule has 13 heavy (non-hydrogen) atoms. The van der Waals surface area contributed by atoms with Crippen LogP contribution in [0.3, 0.4) is 0 Å². The number of nitrogens with one attached hydrogen (secondary N) is 1. The van der Waals surface area contributed by atoms with Gasteiger partial charge in [0.15, 0.2) is 0 Å². The van der Waals surface area contributed by atoms with Crippen molar-refractivity contribution >= 4 is 0 Å². The number of aliphatic hydroxyl groups excluding tert-OH is 1. The Morgan fingerprint density at radius 1 is 0.846 bits per heavy atom. The van der Waals surface area contributed by atoms with Gasteiger partial charge in [-0.1, -0.05) is 0 Å². The summed E-state index contributed by atoms with van der Waals surface area (Å²) < 4.78 is 0. The van der Waals surface area contributed by atoms with Gasteiger partial charge in [-0.05, 0) is 6.73 Å². The number of aliphatic hydroxyl groups is 1. The van der Waals surface area contributed by atoms with Crippen LogP contribution in [0.4, 0.5) is 0 Å². The zero-order valence-electron chi connectivity index (χ0n) is 10.0. The Morgan fingerprint density at radius 3 is 0.846 bits per heavy atom. The first-order valence-electron chi connectivity index (χ1n) is 1.38. The maximum absolute atomic E-state index is 7.24. The Hall–Kier alpha value is 1.17. The van der Waals surface area contributed by atoms with Crippen molar-refractivity contribution in [3.63, 3.8) is 0 Å². The van der Waals surface area contributed by atoms with E-state index in [-0.39, 0.29) is 83.5 Å². The topological polar surface area (TPSA) is 44.0 Å². The molecule has 0 aliphatic rings. The maximum Gasteiger partial charge on any atom is 0 e. The van der Waals surface area contributed by atoms with Crippen LogP contribution >= 0.6 is 0 Å². The second kappa shape index (κ2) is 415. The molecular weight excluding hydrogens is 344 g/mol. The molecule has 0 atom stereocenters. The van der Waals surface area contributed by atoms with E-state index in [4.69, 9.17) is 10.8 Å². The molecule has 0 saturated carbocycles. The first-order chi connectivity index (χ1) is 2.41. The first kappa shape index (κ1) is 141. The summed E-state index contributed by atoms with van der Waals surface area (Å²) >= 11 is 0. The summed E-state index contributed by atoms with van der Waals surface area (Å²) in [5, 5.41) is 7.24. The summed E-state index contributed by atoms with van der Waals surface area (Å²) in [6.45, 7) is 4.50. The van der Waals surface area contributed by atoms with Gasteiger partial charge in [0, 0.05) is 39.0 Å². The van der Waals surface area contributed by atoms with Gasteiger partial charge >= 0.3 is 0 Å². The number of rotatable bonds is 0. The maximum atomic E-state index is 7.24. The number of hydrogen-bond acceptors (Lipinski definition) is 1. The second-order valence-corrected chi connectivity index (χ2v) is 0.158. The normalized spacial score (nSPS) is 1.85. The molecule has 2 nitrogen and oxygen atoms in total. The predicted molar refractivity (Wildman–Crippen MR) is 60.9 cm³/mol. The van der Waals surface area contributed by atoms with E-state index in [0.29, 0.717) is 0 Å². The molecule has 0 aliphatic heterocycles. The molecule has 0 rings (SSSR count). The van der Waals surface area contributed by atoms with E-state index >= 15 is 0 Å². The van der Waals surface area contributed by atoms with Gasteiger partial charge in [-0.25, -0.2) is 0 Å². The van der Waals surface area contributed by atoms with Crippen LogP contribution < -0.4 is 0 Å². The molecule has 4 heteroatoms. The van der Waals surface area contributed by atoms with E-state index in [1.165, 1.54) is 0 Å². The van der Waals surface area contributed by atoms with Crippen molar-refractivity contribution < 1.29 is 44.1 Å². The van der Waals surface area contributed by atoms with Crippen LogP contribution in [0.2, 0.25) is 0 Å². The monoisotopic (exact) mass is 371 g/mol. The Morgan fingerprint density at radius 2 is 0.846 bits per heavy atom. The fourth-order valence-electron chi connectivity index (χ4n) is 0. The fraction of sp³-hybridized carbons (Fsp3) is 0.222. The van der Waals surface area contributed by atoms with Crippen molar-refractivity contribution in [1.29, 1.82) is 0 Å². The summed E-state index contributed by atoms with van der Waals surface area (Å²) in [6.07, 6.45) is 0. The molecule has 0 aromatic rings. The second-order valence-electron chi connectivity index (χ2n) is 0.158. The molecule has 0 spiro atoms. The molecule has 100 valence electrons. The van der Waals surface area contributed by atoms with Gasteiger partial charge in [0.25, 0.3) is 0 Å². The first-order valence-corrected chi connectivity index (χ1v) is 1.38. The molecule has 0 bridgehead atoms. The summed E-state index contributed by atoms with van der Waals surface area (Å²) in [6, 6.07) is 0. The van der Waals surface area contributed by atoms with Crippen molar-refractivity contribution in [1.82, 2.24) is 0 Å². The van der Waals surface area contributed by atoms with Crippen LogP contribution in [0.1, 0.15) is 6.92 Å². The van der Waals surface area contributed by atoms with Crippen LogP contribution in [0.5, 0.6) is 0 Å². The Balaban J connectivity index is -0.00000000109. The molecule has 0 aromatic carbocycles. The van der Waals surface area contributed by atoms with Crippen molar-refractivity contribution in [2.24, 2.45) is 0 Å². The van der Waals surface area contributed by atoms with Crippen LogP contribution in [-0.4, -0.2) is 11.8 Å². The zero-order chi connectivity index (χ0) is 4.71. The van der Waals surface area contributed by atoms with E-state index in [0.717, 1.165) is 0 Å². The molecule has 0 fully saturated rings. The third kappa shape index (κ3) is 1210. The minimum atomic E-state index is -0.500. The Bertz CT molecular complexity index is 17.6. The zero-order valence-corrected chi connectivity index (χ0v) is 13.3. The minimum Gasteiger partial charge on any atom is -0.655 e. The Labute approximate surface area is 115 Å². The van der Waals surface area contributed by atoms with Gasteiger partial charge in [-0.3, -0.25) is 0 Å². The molecule has 2 radical (unpaired) electrons. The molecule has 0 aromatic heterocycles. The van der Waals surface area contributed by atoms with E-state index in [1.807, 2.05) is 0 Å². The van der Waals surface area contributed by atoms with Crippen LogP contribution in [0, 0.1) is 51.5 Å². The molecule has 0 aliphatic carbocycles. The summed E-state index contributed by atoms with van der Waals surface area (Å²) in [5.74, 6) is 0.